The smallest absolute Gasteiger partial charge is 0.284 e. The Kier molecular flexibility index (Phi) is 5.62. The molecule has 10 heteroatoms. The van der Waals surface area contributed by atoms with Crippen molar-refractivity contribution in [2.24, 2.45) is 5.73 Å². The molecule has 0 saturated carbocycles. The Morgan fingerprint density at radius 1 is 1.29 bits per heavy atom. The number of furan rings is 1. The average Bonchev–Trinajstić information content (AvgIpc) is 3.05. The molecule has 1 aromatic heterocycles. The third-order valence-corrected chi connectivity index (χ3v) is 5.51. The Balaban J connectivity index is 2.02. The number of sulfonamides is 1. The molecule has 134 valence electrons. The van der Waals surface area contributed by atoms with Crippen molar-refractivity contribution in [2.75, 3.05) is 32.8 Å². The zero-order valence-corrected chi connectivity index (χ0v) is 14.4. The maximum absolute atomic E-state index is 12.5. The van der Waals surface area contributed by atoms with E-state index < -0.39 is 22.0 Å². The maximum Gasteiger partial charge on any atom is 0.284 e. The number of carbonyl (C=O) groups is 2. The molecular weight excluding hydrogens is 338 g/mol. The van der Waals surface area contributed by atoms with E-state index in [1.54, 1.807) is 18.7 Å². The summed E-state index contributed by atoms with van der Waals surface area (Å²) in [6, 6.07) is 2.42. The van der Waals surface area contributed by atoms with Gasteiger partial charge in [0.25, 0.3) is 21.8 Å². The Morgan fingerprint density at radius 3 is 2.42 bits per heavy atom. The summed E-state index contributed by atoms with van der Waals surface area (Å²) >= 11 is 0. The molecule has 0 aliphatic carbocycles. The summed E-state index contributed by atoms with van der Waals surface area (Å²) in [6.07, 6.45) is -0.554. The molecule has 0 aromatic carbocycles. The Bertz CT molecular complexity index is 706. The first-order valence-corrected chi connectivity index (χ1v) is 9.01. The molecule has 2 rings (SSSR count). The van der Waals surface area contributed by atoms with Gasteiger partial charge in [0, 0.05) is 32.8 Å². The van der Waals surface area contributed by atoms with Crippen molar-refractivity contribution in [3.05, 3.63) is 17.9 Å². The van der Waals surface area contributed by atoms with Crippen LogP contribution in [0, 0.1) is 0 Å². The number of carbonyl (C=O) groups excluding carboxylic acids is 2. The minimum atomic E-state index is -3.86. The van der Waals surface area contributed by atoms with Crippen molar-refractivity contribution in [3.8, 4) is 0 Å². The fraction of sp³-hybridized carbons (Fsp3) is 0.571. The Hall–Kier alpha value is -1.91. The lowest BCUT2D eigenvalue weighted by atomic mass is 10.3. The van der Waals surface area contributed by atoms with Crippen molar-refractivity contribution in [2.45, 2.75) is 25.0 Å². The quantitative estimate of drug-likeness (QED) is 0.740. The summed E-state index contributed by atoms with van der Waals surface area (Å²) in [6.45, 7) is 4.71. The topological polar surface area (TPSA) is 123 Å². The highest BCUT2D eigenvalue weighted by Gasteiger charge is 2.33. The maximum atomic E-state index is 12.5. The van der Waals surface area contributed by atoms with Gasteiger partial charge in [0.1, 0.15) is 6.10 Å². The minimum Gasteiger partial charge on any atom is -0.438 e. The van der Waals surface area contributed by atoms with Gasteiger partial charge in [-0.05, 0) is 26.0 Å². The van der Waals surface area contributed by atoms with E-state index in [1.807, 2.05) is 0 Å². The Labute approximate surface area is 140 Å². The summed E-state index contributed by atoms with van der Waals surface area (Å²) in [7, 11) is -3.86. The second kappa shape index (κ2) is 7.32. The van der Waals surface area contributed by atoms with Gasteiger partial charge in [-0.25, -0.2) is 8.42 Å². The highest BCUT2D eigenvalue weighted by atomic mass is 32.2. The minimum absolute atomic E-state index is 0.138. The molecular formula is C14H21N3O6S. The zero-order valence-electron chi connectivity index (χ0n) is 13.6. The van der Waals surface area contributed by atoms with Crippen molar-refractivity contribution >= 4 is 21.8 Å². The summed E-state index contributed by atoms with van der Waals surface area (Å²) in [5, 5.41) is -0.334. The van der Waals surface area contributed by atoms with Gasteiger partial charge < -0.3 is 19.8 Å². The molecule has 9 nitrogen and oxygen atoms in total. The first-order chi connectivity index (χ1) is 11.3. The fourth-order valence-corrected chi connectivity index (χ4v) is 3.78. The van der Waals surface area contributed by atoms with E-state index in [2.05, 4.69) is 0 Å². The summed E-state index contributed by atoms with van der Waals surface area (Å²) < 4.78 is 36.5. The van der Waals surface area contributed by atoms with Crippen LogP contribution >= 0.6 is 0 Å². The monoisotopic (exact) mass is 359 g/mol. The molecule has 1 aromatic rings. The molecule has 2 heterocycles. The van der Waals surface area contributed by atoms with Gasteiger partial charge in [0.2, 0.25) is 5.09 Å². The molecule has 2 N–H and O–H groups in total. The number of hydrogen-bond donors (Lipinski definition) is 1. The van der Waals surface area contributed by atoms with Gasteiger partial charge >= 0.3 is 0 Å². The second-order valence-electron chi connectivity index (χ2n) is 5.31. The van der Waals surface area contributed by atoms with Crippen molar-refractivity contribution in [3.63, 3.8) is 0 Å². The van der Waals surface area contributed by atoms with Crippen molar-refractivity contribution < 1.29 is 27.2 Å². The van der Waals surface area contributed by atoms with Crippen molar-refractivity contribution in [1.29, 1.82) is 0 Å². The van der Waals surface area contributed by atoms with Crippen LogP contribution in [0.25, 0.3) is 0 Å². The summed E-state index contributed by atoms with van der Waals surface area (Å²) in [5.74, 6) is -1.22. The molecule has 0 spiro atoms. The molecule has 1 unspecified atom stereocenters. The van der Waals surface area contributed by atoms with E-state index in [4.69, 9.17) is 14.9 Å². The number of nitrogens with zero attached hydrogens (tertiary/aromatic N) is 2. The van der Waals surface area contributed by atoms with E-state index >= 15 is 0 Å². The van der Waals surface area contributed by atoms with Crippen LogP contribution in [-0.4, -0.2) is 68.3 Å². The van der Waals surface area contributed by atoms with Gasteiger partial charge in [-0.15, -0.1) is 0 Å². The van der Waals surface area contributed by atoms with Crippen LogP contribution in [0.4, 0.5) is 0 Å². The lowest BCUT2D eigenvalue weighted by molar-refractivity contribution is -0.143. The number of ether oxygens (including phenoxy) is 1. The molecule has 2 amide bonds. The van der Waals surface area contributed by atoms with E-state index in [1.165, 1.54) is 16.4 Å². The highest BCUT2D eigenvalue weighted by Crippen LogP contribution is 2.20. The van der Waals surface area contributed by atoms with Crippen LogP contribution in [0.3, 0.4) is 0 Å². The van der Waals surface area contributed by atoms with Crippen LogP contribution in [0.1, 0.15) is 24.4 Å². The number of rotatable bonds is 6. The first kappa shape index (κ1) is 18.4. The highest BCUT2D eigenvalue weighted by molar-refractivity contribution is 7.89. The van der Waals surface area contributed by atoms with Crippen molar-refractivity contribution in [1.82, 2.24) is 9.21 Å². The second-order valence-corrected chi connectivity index (χ2v) is 7.18. The van der Waals surface area contributed by atoms with Crippen LogP contribution in [0.2, 0.25) is 0 Å². The average molecular weight is 359 g/mol. The number of amides is 2. The molecule has 1 atom stereocenters. The third kappa shape index (κ3) is 3.77. The van der Waals surface area contributed by atoms with E-state index in [0.29, 0.717) is 6.61 Å². The van der Waals surface area contributed by atoms with E-state index in [0.717, 1.165) is 0 Å². The fourth-order valence-electron chi connectivity index (χ4n) is 2.45. The number of primary amides is 1. The zero-order chi connectivity index (χ0) is 17.9. The summed E-state index contributed by atoms with van der Waals surface area (Å²) in [5.41, 5.74) is 5.06. The molecule has 1 fully saturated rings. The van der Waals surface area contributed by atoms with Gasteiger partial charge in [0.15, 0.2) is 5.76 Å². The lowest BCUT2D eigenvalue weighted by Gasteiger charge is -2.34. The van der Waals surface area contributed by atoms with E-state index in [-0.39, 0.29) is 42.9 Å². The standard InChI is InChI=1S/C14H21N3O6S/c1-3-22-10(2)14(19)16-6-8-17(9-7-16)24(20,21)12-5-4-11(23-12)13(15)18/h4-5,10H,3,6-9H2,1-2H3,(H2,15,18). The predicted molar refractivity (Wildman–Crippen MR) is 83.7 cm³/mol. The lowest BCUT2D eigenvalue weighted by Crippen LogP contribution is -2.52. The normalized spacial score (nSPS) is 17.7. The van der Waals surface area contributed by atoms with Crippen LogP contribution in [0.5, 0.6) is 0 Å². The summed E-state index contributed by atoms with van der Waals surface area (Å²) in [4.78, 5) is 24.7. The third-order valence-electron chi connectivity index (χ3n) is 3.73. The predicted octanol–water partition coefficient (Wildman–Crippen LogP) is -0.364. The van der Waals surface area contributed by atoms with Crippen LogP contribution in [0.15, 0.2) is 21.6 Å². The molecule has 1 saturated heterocycles. The molecule has 0 radical (unpaired) electrons. The van der Waals surface area contributed by atoms with E-state index in [9.17, 15) is 18.0 Å². The van der Waals surface area contributed by atoms with Gasteiger partial charge in [0.05, 0.1) is 0 Å². The number of hydrogen-bond acceptors (Lipinski definition) is 6. The SMILES string of the molecule is CCOC(C)C(=O)N1CCN(S(=O)(=O)c2ccc(C(N)=O)o2)CC1. The molecule has 1 aliphatic heterocycles. The largest absolute Gasteiger partial charge is 0.438 e. The molecule has 0 bridgehead atoms. The van der Waals surface area contributed by atoms with Crippen LogP contribution < -0.4 is 5.73 Å². The molecule has 24 heavy (non-hydrogen) atoms. The number of piperazine rings is 1. The van der Waals surface area contributed by atoms with Gasteiger partial charge in [-0.1, -0.05) is 0 Å². The first-order valence-electron chi connectivity index (χ1n) is 7.57. The van der Waals surface area contributed by atoms with Gasteiger partial charge in [-0.2, -0.15) is 4.31 Å². The molecule has 1 aliphatic rings. The van der Waals surface area contributed by atoms with Crippen LogP contribution in [-0.2, 0) is 19.6 Å². The number of nitrogens with two attached hydrogens (primary N) is 1. The van der Waals surface area contributed by atoms with Gasteiger partial charge in [-0.3, -0.25) is 9.59 Å². The Morgan fingerprint density at radius 2 is 1.92 bits per heavy atom.